The van der Waals surface area contributed by atoms with Crippen LogP contribution in [0.3, 0.4) is 0 Å². The molecule has 0 spiro atoms. The summed E-state index contributed by atoms with van der Waals surface area (Å²) in [5.41, 5.74) is 6.86. The quantitative estimate of drug-likeness (QED) is 0.776. The van der Waals surface area contributed by atoms with Gasteiger partial charge in [0.1, 0.15) is 5.75 Å². The summed E-state index contributed by atoms with van der Waals surface area (Å²) in [5.74, 6) is 0.821. The number of rotatable bonds is 7. The summed E-state index contributed by atoms with van der Waals surface area (Å²) in [6.07, 6.45) is 2.28. The van der Waals surface area contributed by atoms with Crippen LogP contribution in [0.2, 0.25) is 0 Å². The van der Waals surface area contributed by atoms with Crippen LogP contribution in [0.4, 0.5) is 0 Å². The third-order valence-electron chi connectivity index (χ3n) is 2.76. The summed E-state index contributed by atoms with van der Waals surface area (Å²) in [6.45, 7) is 2.59. The number of ether oxygens (including phenoxy) is 1. The van der Waals surface area contributed by atoms with Gasteiger partial charge in [0.05, 0.1) is 7.11 Å². The van der Waals surface area contributed by atoms with E-state index in [1.807, 2.05) is 24.3 Å². The lowest BCUT2D eigenvalue weighted by atomic mass is 10.1. The molecule has 0 saturated heterocycles. The lowest BCUT2D eigenvalue weighted by Gasteiger charge is -2.10. The molecule has 100 valence electrons. The second-order valence-electron chi connectivity index (χ2n) is 4.38. The second kappa shape index (κ2) is 7.71. The van der Waals surface area contributed by atoms with Crippen molar-refractivity contribution in [2.24, 2.45) is 5.73 Å². The Balaban J connectivity index is 2.33. The summed E-state index contributed by atoms with van der Waals surface area (Å²) in [7, 11) is 1.63. The molecule has 0 bridgehead atoms. The predicted octanol–water partition coefficient (Wildman–Crippen LogP) is 1.83. The van der Waals surface area contributed by atoms with Crippen molar-refractivity contribution < 1.29 is 9.53 Å². The summed E-state index contributed by atoms with van der Waals surface area (Å²) < 4.78 is 5.07. The van der Waals surface area contributed by atoms with E-state index in [-0.39, 0.29) is 11.9 Å². The van der Waals surface area contributed by atoms with E-state index in [4.69, 9.17) is 10.5 Å². The normalized spacial score (nSPS) is 11.9. The van der Waals surface area contributed by atoms with Gasteiger partial charge >= 0.3 is 0 Å². The van der Waals surface area contributed by atoms with Crippen LogP contribution in [-0.2, 0) is 11.3 Å². The Hall–Kier alpha value is -1.55. The van der Waals surface area contributed by atoms with Crippen molar-refractivity contribution >= 4 is 5.91 Å². The van der Waals surface area contributed by atoms with Gasteiger partial charge in [-0.05, 0) is 24.1 Å². The molecule has 1 aromatic carbocycles. The Morgan fingerprint density at radius 1 is 1.39 bits per heavy atom. The molecular formula is C14H22N2O2. The Labute approximate surface area is 109 Å². The van der Waals surface area contributed by atoms with Gasteiger partial charge in [0, 0.05) is 19.0 Å². The zero-order chi connectivity index (χ0) is 13.4. The first-order valence-corrected chi connectivity index (χ1v) is 6.31. The Bertz CT molecular complexity index is 363. The minimum absolute atomic E-state index is 0.00627. The molecule has 1 aromatic rings. The number of hydrogen-bond acceptors (Lipinski definition) is 3. The van der Waals surface area contributed by atoms with E-state index >= 15 is 0 Å². The van der Waals surface area contributed by atoms with Crippen LogP contribution in [0.25, 0.3) is 0 Å². The van der Waals surface area contributed by atoms with Crippen LogP contribution >= 0.6 is 0 Å². The molecular weight excluding hydrogens is 228 g/mol. The number of nitrogens with two attached hydrogens (primary N) is 1. The van der Waals surface area contributed by atoms with Crippen LogP contribution in [-0.4, -0.2) is 19.1 Å². The van der Waals surface area contributed by atoms with E-state index in [2.05, 4.69) is 12.2 Å². The number of hydrogen-bond donors (Lipinski definition) is 2. The maximum absolute atomic E-state index is 11.6. The highest BCUT2D eigenvalue weighted by Crippen LogP contribution is 2.11. The molecule has 0 saturated carbocycles. The van der Waals surface area contributed by atoms with Gasteiger partial charge in [0.15, 0.2) is 0 Å². The maximum atomic E-state index is 11.6. The standard InChI is InChI=1S/C14H22N2O2/c1-3-4-12(15)9-14(17)16-10-11-5-7-13(18-2)8-6-11/h5-8,12H,3-4,9-10,15H2,1-2H3,(H,16,17). The van der Waals surface area contributed by atoms with E-state index in [1.165, 1.54) is 0 Å². The highest BCUT2D eigenvalue weighted by Gasteiger charge is 2.08. The van der Waals surface area contributed by atoms with Crippen LogP contribution < -0.4 is 15.8 Å². The molecule has 4 nitrogen and oxygen atoms in total. The van der Waals surface area contributed by atoms with Gasteiger partial charge in [0.25, 0.3) is 0 Å². The van der Waals surface area contributed by atoms with Gasteiger partial charge in [-0.25, -0.2) is 0 Å². The average Bonchev–Trinajstić information content (AvgIpc) is 2.37. The molecule has 1 unspecified atom stereocenters. The number of methoxy groups -OCH3 is 1. The minimum Gasteiger partial charge on any atom is -0.497 e. The van der Waals surface area contributed by atoms with E-state index in [9.17, 15) is 4.79 Å². The van der Waals surface area contributed by atoms with Crippen LogP contribution in [0.1, 0.15) is 31.7 Å². The summed E-state index contributed by atoms with van der Waals surface area (Å²) >= 11 is 0. The van der Waals surface area contributed by atoms with Gasteiger partial charge in [0.2, 0.25) is 5.91 Å². The van der Waals surface area contributed by atoms with Crippen LogP contribution in [0.5, 0.6) is 5.75 Å². The summed E-state index contributed by atoms with van der Waals surface area (Å²) in [4.78, 5) is 11.6. The molecule has 18 heavy (non-hydrogen) atoms. The first-order chi connectivity index (χ1) is 8.65. The fourth-order valence-electron chi connectivity index (χ4n) is 1.73. The number of nitrogens with one attached hydrogen (secondary N) is 1. The van der Waals surface area contributed by atoms with Crippen molar-refractivity contribution in [1.29, 1.82) is 0 Å². The maximum Gasteiger partial charge on any atom is 0.221 e. The fourth-order valence-corrected chi connectivity index (χ4v) is 1.73. The molecule has 0 aliphatic carbocycles. The SMILES string of the molecule is CCCC(N)CC(=O)NCc1ccc(OC)cc1. The highest BCUT2D eigenvalue weighted by molar-refractivity contribution is 5.76. The van der Waals surface area contributed by atoms with E-state index in [0.29, 0.717) is 13.0 Å². The lowest BCUT2D eigenvalue weighted by Crippen LogP contribution is -2.31. The summed E-state index contributed by atoms with van der Waals surface area (Å²) in [5, 5.41) is 2.87. The molecule has 1 rings (SSSR count). The number of amides is 1. The molecule has 4 heteroatoms. The fraction of sp³-hybridized carbons (Fsp3) is 0.500. The van der Waals surface area contributed by atoms with Gasteiger partial charge in [-0.2, -0.15) is 0 Å². The first-order valence-electron chi connectivity index (χ1n) is 6.31. The average molecular weight is 250 g/mol. The van der Waals surface area contributed by atoms with Crippen molar-refractivity contribution in [2.75, 3.05) is 7.11 Å². The zero-order valence-electron chi connectivity index (χ0n) is 11.1. The molecule has 1 amide bonds. The minimum atomic E-state index is -0.0362. The van der Waals surface area contributed by atoms with Gasteiger partial charge in [-0.1, -0.05) is 25.5 Å². The lowest BCUT2D eigenvalue weighted by molar-refractivity contribution is -0.121. The molecule has 0 aliphatic rings. The molecule has 0 aromatic heterocycles. The van der Waals surface area contributed by atoms with Gasteiger partial charge < -0.3 is 15.8 Å². The molecule has 0 radical (unpaired) electrons. The molecule has 0 fully saturated rings. The Morgan fingerprint density at radius 2 is 2.06 bits per heavy atom. The number of carbonyl (C=O) groups is 1. The molecule has 0 heterocycles. The van der Waals surface area contributed by atoms with E-state index in [0.717, 1.165) is 24.2 Å². The zero-order valence-corrected chi connectivity index (χ0v) is 11.1. The van der Waals surface area contributed by atoms with E-state index < -0.39 is 0 Å². The smallest absolute Gasteiger partial charge is 0.221 e. The third kappa shape index (κ3) is 5.19. The van der Waals surface area contributed by atoms with Crippen molar-refractivity contribution in [3.63, 3.8) is 0 Å². The van der Waals surface area contributed by atoms with Crippen molar-refractivity contribution in [2.45, 2.75) is 38.8 Å². The summed E-state index contributed by atoms with van der Waals surface area (Å²) in [6, 6.07) is 7.59. The van der Waals surface area contributed by atoms with Crippen LogP contribution in [0, 0.1) is 0 Å². The molecule has 0 aliphatic heterocycles. The monoisotopic (exact) mass is 250 g/mol. The first kappa shape index (κ1) is 14.5. The largest absolute Gasteiger partial charge is 0.497 e. The van der Waals surface area contributed by atoms with Crippen molar-refractivity contribution in [3.05, 3.63) is 29.8 Å². The predicted molar refractivity (Wildman–Crippen MR) is 72.3 cm³/mol. The van der Waals surface area contributed by atoms with Gasteiger partial charge in [-0.3, -0.25) is 4.79 Å². The second-order valence-corrected chi connectivity index (χ2v) is 4.38. The van der Waals surface area contributed by atoms with Crippen molar-refractivity contribution in [1.82, 2.24) is 5.32 Å². The Morgan fingerprint density at radius 3 is 2.61 bits per heavy atom. The van der Waals surface area contributed by atoms with Gasteiger partial charge in [-0.15, -0.1) is 0 Å². The topological polar surface area (TPSA) is 64.4 Å². The number of carbonyl (C=O) groups excluding carboxylic acids is 1. The van der Waals surface area contributed by atoms with E-state index in [1.54, 1.807) is 7.11 Å². The Kier molecular flexibility index (Phi) is 6.22. The molecule has 3 N–H and O–H groups in total. The number of benzene rings is 1. The molecule has 1 atom stereocenters. The highest BCUT2D eigenvalue weighted by atomic mass is 16.5. The van der Waals surface area contributed by atoms with Crippen LogP contribution in [0.15, 0.2) is 24.3 Å². The van der Waals surface area contributed by atoms with Crippen molar-refractivity contribution in [3.8, 4) is 5.75 Å². The third-order valence-corrected chi connectivity index (χ3v) is 2.76.